The summed E-state index contributed by atoms with van der Waals surface area (Å²) in [5.74, 6) is 0.962. The Morgan fingerprint density at radius 1 is 0.868 bits per heavy atom. The molecule has 0 aromatic heterocycles. The van der Waals surface area contributed by atoms with Gasteiger partial charge in [-0.05, 0) is 47.5 Å². The van der Waals surface area contributed by atoms with Crippen LogP contribution in [0.4, 0.5) is 0 Å². The summed E-state index contributed by atoms with van der Waals surface area (Å²) in [5, 5.41) is 3.45. The molecule has 0 bridgehead atoms. The summed E-state index contributed by atoms with van der Waals surface area (Å²) >= 11 is 0. The van der Waals surface area contributed by atoms with E-state index in [0.717, 1.165) is 33.9 Å². The SMILES string of the molecule is CC(=O)Oc1ccc(CC2NC3=C(Cc4ccccc4)[NH+]=C(c4ccc(OC(C)=O)cc4)CN3C2=O)cc1. The molecule has 1 unspecified atom stereocenters. The van der Waals surface area contributed by atoms with Crippen LogP contribution in [0.1, 0.15) is 30.5 Å². The Hall–Kier alpha value is -4.72. The van der Waals surface area contributed by atoms with Gasteiger partial charge in [0.1, 0.15) is 24.1 Å². The summed E-state index contributed by atoms with van der Waals surface area (Å²) in [7, 11) is 0. The zero-order valence-electron chi connectivity index (χ0n) is 21.2. The molecule has 3 aromatic rings. The lowest BCUT2D eigenvalue weighted by Gasteiger charge is -2.20. The van der Waals surface area contributed by atoms with Crippen LogP contribution in [0.25, 0.3) is 0 Å². The highest BCUT2D eigenvalue weighted by atomic mass is 16.5. The number of amides is 1. The molecule has 1 atom stereocenters. The molecule has 192 valence electrons. The summed E-state index contributed by atoms with van der Waals surface area (Å²) in [4.78, 5) is 41.4. The van der Waals surface area contributed by atoms with E-state index in [-0.39, 0.29) is 17.8 Å². The van der Waals surface area contributed by atoms with Crippen molar-refractivity contribution in [2.45, 2.75) is 32.7 Å². The number of nitrogens with zero attached hydrogens (tertiary/aromatic N) is 1. The van der Waals surface area contributed by atoms with E-state index >= 15 is 0 Å². The van der Waals surface area contributed by atoms with Gasteiger partial charge < -0.3 is 14.8 Å². The first-order chi connectivity index (χ1) is 18.4. The molecule has 1 amide bonds. The van der Waals surface area contributed by atoms with Crippen LogP contribution in [0.3, 0.4) is 0 Å². The van der Waals surface area contributed by atoms with Crippen LogP contribution in [0.5, 0.6) is 11.5 Å². The normalized spacial score (nSPS) is 16.5. The van der Waals surface area contributed by atoms with Crippen molar-refractivity contribution in [1.29, 1.82) is 0 Å². The van der Waals surface area contributed by atoms with Gasteiger partial charge in [-0.3, -0.25) is 19.3 Å². The van der Waals surface area contributed by atoms with Crippen molar-refractivity contribution in [1.82, 2.24) is 10.2 Å². The quantitative estimate of drug-likeness (QED) is 0.372. The fourth-order valence-electron chi connectivity index (χ4n) is 4.66. The van der Waals surface area contributed by atoms with Crippen molar-refractivity contribution in [2.75, 3.05) is 6.54 Å². The van der Waals surface area contributed by atoms with E-state index in [1.54, 1.807) is 29.2 Å². The van der Waals surface area contributed by atoms with Crippen LogP contribution in [-0.2, 0) is 27.2 Å². The number of nitrogens with one attached hydrogen (secondary N) is 2. The second kappa shape index (κ2) is 10.7. The van der Waals surface area contributed by atoms with Crippen LogP contribution >= 0.6 is 0 Å². The Morgan fingerprint density at radius 3 is 2.08 bits per heavy atom. The number of hydrogen-bond donors (Lipinski definition) is 2. The van der Waals surface area contributed by atoms with E-state index in [2.05, 4.69) is 22.4 Å². The molecule has 3 aromatic carbocycles. The predicted octanol–water partition coefficient (Wildman–Crippen LogP) is 1.88. The minimum Gasteiger partial charge on any atom is -0.427 e. The number of hydrogen-bond acceptors (Lipinski definition) is 6. The molecular weight excluding hydrogens is 482 g/mol. The second-order valence-electron chi connectivity index (χ2n) is 9.27. The Labute approximate surface area is 220 Å². The standard InChI is InChI=1S/C30H27N3O5/c1-19(34)37-24-12-8-22(9-13-24)17-27-30(36)33-18-28(23-10-14-25(15-11-23)38-20(2)35)31-26(29(33)32-27)16-21-6-4-3-5-7-21/h3-15,27,32H,16-18H2,1-2H3/p+1. The molecule has 1 fully saturated rings. The van der Waals surface area contributed by atoms with E-state index in [1.165, 1.54) is 13.8 Å². The van der Waals surface area contributed by atoms with E-state index in [9.17, 15) is 14.4 Å². The fraction of sp³-hybridized carbons (Fsp3) is 0.200. The predicted molar refractivity (Wildman–Crippen MR) is 140 cm³/mol. The molecule has 5 rings (SSSR count). The van der Waals surface area contributed by atoms with E-state index in [0.29, 0.717) is 30.9 Å². The third kappa shape index (κ3) is 5.64. The summed E-state index contributed by atoms with van der Waals surface area (Å²) in [5.41, 5.74) is 4.77. The van der Waals surface area contributed by atoms with E-state index in [1.807, 2.05) is 42.5 Å². The van der Waals surface area contributed by atoms with E-state index < -0.39 is 6.04 Å². The lowest BCUT2D eigenvalue weighted by molar-refractivity contribution is -0.406. The number of carbonyl (C=O) groups excluding carboxylic acids is 3. The number of rotatable bonds is 7. The van der Waals surface area contributed by atoms with Gasteiger partial charge in [0.2, 0.25) is 11.4 Å². The van der Waals surface area contributed by atoms with Gasteiger partial charge in [0.25, 0.3) is 5.91 Å². The van der Waals surface area contributed by atoms with Crippen LogP contribution in [0, 0.1) is 0 Å². The molecule has 2 aliphatic rings. The highest BCUT2D eigenvalue weighted by molar-refractivity contribution is 6.02. The van der Waals surface area contributed by atoms with Gasteiger partial charge >= 0.3 is 11.9 Å². The van der Waals surface area contributed by atoms with Crippen LogP contribution in [0.2, 0.25) is 0 Å². The van der Waals surface area contributed by atoms with Crippen molar-refractivity contribution in [3.63, 3.8) is 0 Å². The molecule has 0 saturated carbocycles. The minimum absolute atomic E-state index is 0.00911. The maximum atomic E-state index is 13.6. The van der Waals surface area contributed by atoms with Crippen molar-refractivity contribution >= 4 is 23.6 Å². The topological polar surface area (TPSA) is 98.9 Å². The number of fused-ring (bicyclic) bond motifs is 1. The van der Waals surface area contributed by atoms with Gasteiger partial charge in [-0.25, -0.2) is 4.99 Å². The maximum Gasteiger partial charge on any atom is 0.308 e. The van der Waals surface area contributed by atoms with Crippen LogP contribution in [-0.4, -0.2) is 41.0 Å². The number of benzene rings is 3. The number of ether oxygens (including phenoxy) is 2. The van der Waals surface area contributed by atoms with Gasteiger partial charge in [0.05, 0.1) is 6.42 Å². The Balaban J connectivity index is 1.41. The molecular formula is C30H28N3O5+. The van der Waals surface area contributed by atoms with Gasteiger partial charge in [-0.2, -0.15) is 0 Å². The molecule has 0 radical (unpaired) electrons. The number of carbonyl (C=O) groups is 3. The summed E-state index contributed by atoms with van der Waals surface area (Å²) in [6.07, 6.45) is 1.11. The Kier molecular flexibility index (Phi) is 7.04. The van der Waals surface area contributed by atoms with E-state index in [4.69, 9.17) is 9.47 Å². The smallest absolute Gasteiger partial charge is 0.308 e. The monoisotopic (exact) mass is 510 g/mol. The first kappa shape index (κ1) is 25.0. The first-order valence-corrected chi connectivity index (χ1v) is 12.4. The molecule has 2 heterocycles. The zero-order chi connectivity index (χ0) is 26.6. The number of allylic oxidation sites excluding steroid dienone is 1. The minimum atomic E-state index is -0.428. The van der Waals surface area contributed by atoms with Gasteiger partial charge in [0, 0.05) is 25.8 Å². The van der Waals surface area contributed by atoms with Gasteiger partial charge in [-0.15, -0.1) is 0 Å². The molecule has 38 heavy (non-hydrogen) atoms. The highest BCUT2D eigenvalue weighted by Gasteiger charge is 2.42. The number of esters is 2. The zero-order valence-corrected chi connectivity index (χ0v) is 21.2. The first-order valence-electron chi connectivity index (χ1n) is 12.4. The molecule has 1 saturated heterocycles. The molecule has 2 aliphatic heterocycles. The van der Waals surface area contributed by atoms with Crippen molar-refractivity contribution in [3.05, 3.63) is 107 Å². The second-order valence-corrected chi connectivity index (χ2v) is 9.27. The van der Waals surface area contributed by atoms with Gasteiger partial charge in [0.15, 0.2) is 5.82 Å². The molecule has 2 N–H and O–H groups in total. The Bertz CT molecular complexity index is 1430. The summed E-state index contributed by atoms with van der Waals surface area (Å²) in [6, 6.07) is 24.1. The average Bonchev–Trinajstić information content (AvgIpc) is 3.21. The van der Waals surface area contributed by atoms with Crippen molar-refractivity contribution < 1.29 is 28.8 Å². The third-order valence-electron chi connectivity index (χ3n) is 6.36. The Morgan fingerprint density at radius 2 is 1.47 bits per heavy atom. The average molecular weight is 511 g/mol. The van der Waals surface area contributed by atoms with Crippen LogP contribution in [0.15, 0.2) is 90.4 Å². The maximum absolute atomic E-state index is 13.6. The molecule has 0 aliphatic carbocycles. The molecule has 8 nitrogen and oxygen atoms in total. The largest absolute Gasteiger partial charge is 0.427 e. The van der Waals surface area contributed by atoms with Gasteiger partial charge in [-0.1, -0.05) is 42.5 Å². The summed E-state index contributed by atoms with van der Waals surface area (Å²) < 4.78 is 10.3. The van der Waals surface area contributed by atoms with Crippen molar-refractivity contribution in [2.24, 2.45) is 0 Å². The lowest BCUT2D eigenvalue weighted by Crippen LogP contribution is -2.76. The molecule has 8 heteroatoms. The fourth-order valence-corrected chi connectivity index (χ4v) is 4.66. The highest BCUT2D eigenvalue weighted by Crippen LogP contribution is 2.24. The van der Waals surface area contributed by atoms with Crippen molar-refractivity contribution in [3.8, 4) is 11.5 Å². The summed E-state index contributed by atoms with van der Waals surface area (Å²) in [6.45, 7) is 3.11. The molecule has 0 spiro atoms. The third-order valence-corrected chi connectivity index (χ3v) is 6.36. The lowest BCUT2D eigenvalue weighted by atomic mass is 10.0. The van der Waals surface area contributed by atoms with Crippen LogP contribution < -0.4 is 19.8 Å².